The molecule has 0 aliphatic carbocycles. The zero-order valence-corrected chi connectivity index (χ0v) is 11.8. The van der Waals surface area contributed by atoms with Crippen LogP contribution in [0.5, 0.6) is 0 Å². The van der Waals surface area contributed by atoms with E-state index in [9.17, 15) is 13.2 Å². The average molecular weight is 317 g/mol. The number of carbonyl (C=O) groups excluding carboxylic acids is 1. The van der Waals surface area contributed by atoms with Gasteiger partial charge in [-0.2, -0.15) is 0 Å². The molecule has 5 nitrogen and oxygen atoms in total. The summed E-state index contributed by atoms with van der Waals surface area (Å²) in [6, 6.07) is 7.81. The van der Waals surface area contributed by atoms with E-state index in [0.29, 0.717) is 10.7 Å². The van der Waals surface area contributed by atoms with Gasteiger partial charge < -0.3 is 5.32 Å². The smallest absolute Gasteiger partial charge is 0.256 e. The molecule has 2 aromatic rings. The fraction of sp³-hybridized carbons (Fsp3) is 0. The van der Waals surface area contributed by atoms with Crippen LogP contribution >= 0.6 is 22.9 Å². The summed E-state index contributed by atoms with van der Waals surface area (Å²) >= 11 is 6.63. The lowest BCUT2D eigenvalue weighted by Crippen LogP contribution is -2.12. The molecule has 8 heteroatoms. The predicted molar refractivity (Wildman–Crippen MR) is 75.1 cm³/mol. The first kappa shape index (κ1) is 14.0. The van der Waals surface area contributed by atoms with Crippen molar-refractivity contribution in [1.29, 1.82) is 0 Å². The van der Waals surface area contributed by atoms with Crippen LogP contribution in [-0.4, -0.2) is 14.3 Å². The topological polar surface area (TPSA) is 89.3 Å². The molecule has 1 heterocycles. The van der Waals surface area contributed by atoms with Gasteiger partial charge in [-0.1, -0.05) is 11.6 Å². The minimum absolute atomic E-state index is 0.0474. The number of hydrogen-bond acceptors (Lipinski definition) is 4. The maximum Gasteiger partial charge on any atom is 0.256 e. The Morgan fingerprint density at radius 3 is 2.42 bits per heavy atom. The number of rotatable bonds is 3. The fourth-order valence-corrected chi connectivity index (χ4v) is 3.03. The number of amides is 1. The molecule has 0 saturated carbocycles. The van der Waals surface area contributed by atoms with E-state index in [4.69, 9.17) is 16.7 Å². The van der Waals surface area contributed by atoms with Gasteiger partial charge in [-0.05, 0) is 30.3 Å². The van der Waals surface area contributed by atoms with Crippen LogP contribution in [0.3, 0.4) is 0 Å². The molecule has 0 spiro atoms. The summed E-state index contributed by atoms with van der Waals surface area (Å²) in [5.41, 5.74) is 0.807. The lowest BCUT2D eigenvalue weighted by Gasteiger charge is -2.03. The Balaban J connectivity index is 2.16. The van der Waals surface area contributed by atoms with Gasteiger partial charge in [0.1, 0.15) is 4.21 Å². The van der Waals surface area contributed by atoms with Gasteiger partial charge in [-0.3, -0.25) is 4.79 Å². The van der Waals surface area contributed by atoms with Crippen molar-refractivity contribution in [3.05, 3.63) is 46.3 Å². The number of primary sulfonamides is 1. The normalized spacial score (nSPS) is 11.3. The molecule has 1 aromatic carbocycles. The second-order valence-electron chi connectivity index (χ2n) is 3.66. The highest BCUT2D eigenvalue weighted by Gasteiger charge is 2.15. The van der Waals surface area contributed by atoms with E-state index in [0.717, 1.165) is 11.3 Å². The summed E-state index contributed by atoms with van der Waals surface area (Å²) in [5.74, 6) is -0.409. The first-order chi connectivity index (χ1) is 8.86. The molecular weight excluding hydrogens is 308 g/mol. The Bertz CT molecular complexity index is 708. The van der Waals surface area contributed by atoms with Crippen molar-refractivity contribution in [2.45, 2.75) is 4.21 Å². The van der Waals surface area contributed by atoms with Crippen LogP contribution in [0.15, 0.2) is 39.9 Å². The van der Waals surface area contributed by atoms with Crippen molar-refractivity contribution in [3.63, 3.8) is 0 Å². The molecule has 100 valence electrons. The highest BCUT2D eigenvalue weighted by Crippen LogP contribution is 2.20. The number of sulfonamides is 1. The van der Waals surface area contributed by atoms with Gasteiger partial charge in [0.15, 0.2) is 0 Å². The third-order valence-corrected chi connectivity index (χ3v) is 4.86. The van der Waals surface area contributed by atoms with Crippen molar-refractivity contribution in [2.24, 2.45) is 5.14 Å². The Labute approximate surface area is 119 Å². The molecule has 2 rings (SSSR count). The van der Waals surface area contributed by atoms with Gasteiger partial charge in [-0.25, -0.2) is 13.6 Å². The first-order valence-corrected chi connectivity index (χ1v) is 7.85. The van der Waals surface area contributed by atoms with E-state index in [1.807, 2.05) is 0 Å². The van der Waals surface area contributed by atoms with Crippen LogP contribution in [0.1, 0.15) is 10.4 Å². The number of hydrogen-bond donors (Lipinski definition) is 2. The number of benzene rings is 1. The van der Waals surface area contributed by atoms with E-state index in [1.54, 1.807) is 24.3 Å². The van der Waals surface area contributed by atoms with Gasteiger partial charge in [0.05, 0.1) is 5.56 Å². The summed E-state index contributed by atoms with van der Waals surface area (Å²) < 4.78 is 22.2. The number of nitrogens with two attached hydrogens (primary N) is 1. The number of halogens is 1. The Morgan fingerprint density at radius 2 is 1.89 bits per heavy atom. The van der Waals surface area contributed by atoms with Crippen molar-refractivity contribution >= 4 is 44.6 Å². The van der Waals surface area contributed by atoms with E-state index in [2.05, 4.69) is 5.32 Å². The van der Waals surface area contributed by atoms with Crippen LogP contribution in [-0.2, 0) is 10.0 Å². The zero-order chi connectivity index (χ0) is 14.0. The molecule has 0 aliphatic heterocycles. The second kappa shape index (κ2) is 5.30. The summed E-state index contributed by atoms with van der Waals surface area (Å²) in [6.07, 6.45) is 0. The Morgan fingerprint density at radius 1 is 1.26 bits per heavy atom. The molecule has 1 aromatic heterocycles. The van der Waals surface area contributed by atoms with Crippen LogP contribution in [0, 0.1) is 0 Å². The number of nitrogens with one attached hydrogen (secondary N) is 1. The highest BCUT2D eigenvalue weighted by molar-refractivity contribution is 7.91. The van der Waals surface area contributed by atoms with Crippen LogP contribution in [0.4, 0.5) is 5.69 Å². The first-order valence-electron chi connectivity index (χ1n) is 5.04. The molecule has 0 atom stereocenters. The minimum atomic E-state index is -3.77. The average Bonchev–Trinajstić information content (AvgIpc) is 2.81. The van der Waals surface area contributed by atoms with Crippen molar-refractivity contribution in [1.82, 2.24) is 0 Å². The van der Waals surface area contributed by atoms with Crippen molar-refractivity contribution < 1.29 is 13.2 Å². The number of anilines is 1. The summed E-state index contributed by atoms with van der Waals surface area (Å²) in [4.78, 5) is 11.9. The SMILES string of the molecule is NS(=O)(=O)c1cc(C(=O)Nc2ccc(Cl)cc2)cs1. The monoisotopic (exact) mass is 316 g/mol. The van der Waals surface area contributed by atoms with E-state index < -0.39 is 15.9 Å². The standard InChI is InChI=1S/C11H9ClN2O3S2/c12-8-1-3-9(4-2-8)14-11(15)7-5-10(18-6-7)19(13,16)17/h1-6H,(H,14,15)(H2,13,16,17). The summed E-state index contributed by atoms with van der Waals surface area (Å²) in [6.45, 7) is 0. The van der Waals surface area contributed by atoms with E-state index >= 15 is 0 Å². The lowest BCUT2D eigenvalue weighted by molar-refractivity contribution is 0.102. The van der Waals surface area contributed by atoms with Crippen LogP contribution < -0.4 is 10.5 Å². The second-order valence-corrected chi connectivity index (χ2v) is 6.80. The summed E-state index contributed by atoms with van der Waals surface area (Å²) in [5, 5.41) is 9.60. The molecule has 3 N–H and O–H groups in total. The Kier molecular flexibility index (Phi) is 3.91. The number of carbonyl (C=O) groups is 1. The lowest BCUT2D eigenvalue weighted by atomic mass is 10.3. The molecule has 19 heavy (non-hydrogen) atoms. The Hall–Kier alpha value is -1.41. The van der Waals surface area contributed by atoms with E-state index in [-0.39, 0.29) is 9.77 Å². The van der Waals surface area contributed by atoms with Crippen LogP contribution in [0.25, 0.3) is 0 Å². The molecule has 1 amide bonds. The maximum atomic E-state index is 11.9. The molecule has 0 fully saturated rings. The maximum absolute atomic E-state index is 11.9. The fourth-order valence-electron chi connectivity index (χ4n) is 1.32. The van der Waals surface area contributed by atoms with Crippen LogP contribution in [0.2, 0.25) is 5.02 Å². The zero-order valence-electron chi connectivity index (χ0n) is 9.46. The molecule has 0 bridgehead atoms. The van der Waals surface area contributed by atoms with Gasteiger partial charge in [-0.15, -0.1) is 11.3 Å². The molecule has 0 saturated heterocycles. The molecule has 0 radical (unpaired) electrons. The van der Waals surface area contributed by atoms with Crippen molar-refractivity contribution in [3.8, 4) is 0 Å². The molecule has 0 aliphatic rings. The predicted octanol–water partition coefficient (Wildman–Crippen LogP) is 2.30. The third kappa shape index (κ3) is 3.54. The molecule has 0 unspecified atom stereocenters. The third-order valence-electron chi connectivity index (χ3n) is 2.22. The van der Waals surface area contributed by atoms with Gasteiger partial charge in [0.2, 0.25) is 10.0 Å². The minimum Gasteiger partial charge on any atom is -0.322 e. The summed E-state index contributed by atoms with van der Waals surface area (Å²) in [7, 11) is -3.77. The van der Waals surface area contributed by atoms with Gasteiger partial charge in [0, 0.05) is 16.1 Å². The highest BCUT2D eigenvalue weighted by atomic mass is 35.5. The van der Waals surface area contributed by atoms with E-state index in [1.165, 1.54) is 11.4 Å². The molecular formula is C11H9ClN2O3S2. The van der Waals surface area contributed by atoms with Gasteiger partial charge in [0.25, 0.3) is 5.91 Å². The van der Waals surface area contributed by atoms with Crippen molar-refractivity contribution in [2.75, 3.05) is 5.32 Å². The quantitative estimate of drug-likeness (QED) is 0.910. The number of thiophene rings is 1. The largest absolute Gasteiger partial charge is 0.322 e. The van der Waals surface area contributed by atoms with Gasteiger partial charge >= 0.3 is 0 Å².